The van der Waals surface area contributed by atoms with Crippen molar-refractivity contribution >= 4 is 12.0 Å². The van der Waals surface area contributed by atoms with E-state index in [4.69, 9.17) is 14.3 Å². The monoisotopic (exact) mass is 292 g/mol. The van der Waals surface area contributed by atoms with Crippen molar-refractivity contribution in [3.05, 3.63) is 33.4 Å². The van der Waals surface area contributed by atoms with Crippen molar-refractivity contribution < 1.29 is 24.2 Å². The number of aliphatic hydroxyl groups is 1. The largest absolute Gasteiger partial charge is 0.485 e. The molecule has 1 aliphatic carbocycles. The Labute approximate surface area is 120 Å². The minimum absolute atomic E-state index is 0.0301. The topological polar surface area (TPSA) is 97.0 Å². The highest BCUT2D eigenvalue weighted by Gasteiger charge is 2.28. The second-order valence-corrected chi connectivity index (χ2v) is 5.40. The lowest BCUT2D eigenvalue weighted by atomic mass is 9.89. The van der Waals surface area contributed by atoms with E-state index >= 15 is 0 Å². The number of hydrogen-bond donors (Lipinski definition) is 2. The molecule has 2 N–H and O–H groups in total. The smallest absolute Gasteiger partial charge is 0.347 e. The Morgan fingerprint density at radius 2 is 2.24 bits per heavy atom. The van der Waals surface area contributed by atoms with Crippen LogP contribution in [0, 0.1) is 0 Å². The van der Waals surface area contributed by atoms with Crippen LogP contribution < -0.4 is 10.4 Å². The van der Waals surface area contributed by atoms with Crippen LogP contribution in [0.4, 0.5) is 0 Å². The van der Waals surface area contributed by atoms with Crippen LogP contribution in [0.25, 0.3) is 6.08 Å². The number of carbonyl (C=O) groups is 1. The van der Waals surface area contributed by atoms with E-state index in [1.54, 1.807) is 0 Å². The lowest BCUT2D eigenvalue weighted by molar-refractivity contribution is -0.139. The summed E-state index contributed by atoms with van der Waals surface area (Å²) >= 11 is 0. The third kappa shape index (κ3) is 2.71. The van der Waals surface area contributed by atoms with Gasteiger partial charge in [0.05, 0.1) is 6.42 Å². The fourth-order valence-electron chi connectivity index (χ4n) is 2.80. The molecule has 1 saturated carbocycles. The molecule has 0 radical (unpaired) electrons. The number of aliphatic hydroxyl groups excluding tert-OH is 1. The minimum Gasteiger partial charge on any atom is -0.485 e. The summed E-state index contributed by atoms with van der Waals surface area (Å²) in [6.45, 7) is 0. The Bertz CT molecular complexity index is 657. The second-order valence-electron chi connectivity index (χ2n) is 5.40. The molecule has 6 heteroatoms. The Hall–Kier alpha value is -2.08. The van der Waals surface area contributed by atoms with Crippen molar-refractivity contribution in [2.24, 2.45) is 0 Å². The molecule has 3 rings (SSSR count). The molecule has 2 atom stereocenters. The zero-order chi connectivity index (χ0) is 15.0. The summed E-state index contributed by atoms with van der Waals surface area (Å²) in [5.74, 6) is -0.881. The van der Waals surface area contributed by atoms with Crippen molar-refractivity contribution in [1.29, 1.82) is 0 Å². The van der Waals surface area contributed by atoms with Crippen LogP contribution in [0.15, 0.2) is 20.9 Å². The van der Waals surface area contributed by atoms with Gasteiger partial charge in [-0.25, -0.2) is 4.79 Å². The average Bonchev–Trinajstić information content (AvgIpc) is 2.44. The fraction of sp³-hybridized carbons (Fsp3) is 0.467. The van der Waals surface area contributed by atoms with Gasteiger partial charge in [0.15, 0.2) is 0 Å². The summed E-state index contributed by atoms with van der Waals surface area (Å²) in [4.78, 5) is 22.6. The highest BCUT2D eigenvalue weighted by atomic mass is 16.5. The third-order valence-electron chi connectivity index (χ3n) is 3.86. The van der Waals surface area contributed by atoms with Gasteiger partial charge in [-0.15, -0.1) is 0 Å². The van der Waals surface area contributed by atoms with Gasteiger partial charge in [0.25, 0.3) is 0 Å². The van der Waals surface area contributed by atoms with Gasteiger partial charge in [0, 0.05) is 6.07 Å². The Morgan fingerprint density at radius 1 is 1.43 bits per heavy atom. The summed E-state index contributed by atoms with van der Waals surface area (Å²) < 4.78 is 10.9. The minimum atomic E-state index is -1.36. The highest BCUT2D eigenvalue weighted by Crippen LogP contribution is 2.36. The molecule has 2 aliphatic rings. The number of hydrogen-bond acceptors (Lipinski definition) is 5. The molecule has 1 aliphatic heterocycles. The first-order chi connectivity index (χ1) is 10.0. The van der Waals surface area contributed by atoms with Gasteiger partial charge in [-0.2, -0.15) is 0 Å². The molecule has 0 spiro atoms. The van der Waals surface area contributed by atoms with E-state index in [0.29, 0.717) is 11.3 Å². The summed E-state index contributed by atoms with van der Waals surface area (Å²) in [5, 5.41) is 18.5. The normalized spacial score (nSPS) is 21.6. The summed E-state index contributed by atoms with van der Waals surface area (Å²) in [6.07, 6.45) is 3.87. The van der Waals surface area contributed by atoms with E-state index in [1.165, 1.54) is 6.07 Å². The first kappa shape index (κ1) is 13.9. The lowest BCUT2D eigenvalue weighted by Crippen LogP contribution is -2.28. The van der Waals surface area contributed by atoms with Crippen LogP contribution in [0.3, 0.4) is 0 Å². The maximum atomic E-state index is 12.0. The molecule has 6 nitrogen and oxygen atoms in total. The lowest BCUT2D eigenvalue weighted by Gasteiger charge is -2.30. The van der Waals surface area contributed by atoms with Gasteiger partial charge >= 0.3 is 11.6 Å². The molecular formula is C15H16O6. The van der Waals surface area contributed by atoms with Gasteiger partial charge in [0.2, 0.25) is 0 Å². The average molecular weight is 292 g/mol. The Kier molecular flexibility index (Phi) is 3.55. The quantitative estimate of drug-likeness (QED) is 0.882. The Balaban J connectivity index is 1.97. The van der Waals surface area contributed by atoms with E-state index in [-0.39, 0.29) is 11.9 Å². The van der Waals surface area contributed by atoms with Crippen molar-refractivity contribution in [1.82, 2.24) is 0 Å². The SMILES string of the molecule is O=C(O)CC(O)c1cc2c(c(=O)o1)C=C1CCCCC1O2. The van der Waals surface area contributed by atoms with Crippen LogP contribution in [0.2, 0.25) is 0 Å². The predicted molar refractivity (Wildman–Crippen MR) is 73.1 cm³/mol. The number of rotatable bonds is 3. The zero-order valence-corrected chi connectivity index (χ0v) is 11.4. The number of carboxylic acid groups (broad SMARTS) is 1. The number of ether oxygens (including phenoxy) is 1. The van der Waals surface area contributed by atoms with Crippen molar-refractivity contribution in [2.75, 3.05) is 0 Å². The van der Waals surface area contributed by atoms with E-state index in [2.05, 4.69) is 0 Å². The predicted octanol–water partition coefficient (Wildman–Crippen LogP) is 1.87. The molecule has 2 heterocycles. The standard InChI is InChI=1S/C15H16O6/c16-10(6-14(17)18)13-7-12-9(15(19)21-13)5-8-3-1-2-4-11(8)20-12/h5,7,10-11,16H,1-4,6H2,(H,17,18). The summed E-state index contributed by atoms with van der Waals surface area (Å²) in [6, 6.07) is 1.42. The fourth-order valence-corrected chi connectivity index (χ4v) is 2.80. The van der Waals surface area contributed by atoms with Gasteiger partial charge < -0.3 is 19.4 Å². The molecule has 0 saturated heterocycles. The van der Waals surface area contributed by atoms with Crippen LogP contribution in [0.1, 0.15) is 49.5 Å². The molecule has 1 fully saturated rings. The molecule has 1 aromatic rings. The second kappa shape index (κ2) is 5.37. The number of carboxylic acids is 1. The highest BCUT2D eigenvalue weighted by molar-refractivity contribution is 5.67. The number of fused-ring (bicyclic) bond motifs is 2. The molecular weight excluding hydrogens is 276 g/mol. The maximum Gasteiger partial charge on any atom is 0.347 e. The summed E-state index contributed by atoms with van der Waals surface area (Å²) in [5.41, 5.74) is 0.831. The zero-order valence-electron chi connectivity index (χ0n) is 11.4. The van der Waals surface area contributed by atoms with Gasteiger partial charge in [-0.3, -0.25) is 4.79 Å². The molecule has 0 bridgehead atoms. The van der Waals surface area contributed by atoms with Gasteiger partial charge in [-0.1, -0.05) is 0 Å². The molecule has 21 heavy (non-hydrogen) atoms. The van der Waals surface area contributed by atoms with Gasteiger partial charge in [-0.05, 0) is 37.3 Å². The first-order valence-electron chi connectivity index (χ1n) is 6.99. The van der Waals surface area contributed by atoms with Crippen molar-refractivity contribution in [3.8, 4) is 5.75 Å². The Morgan fingerprint density at radius 3 is 3.00 bits per heavy atom. The first-order valence-corrected chi connectivity index (χ1v) is 6.99. The molecule has 0 aromatic carbocycles. The molecule has 112 valence electrons. The van der Waals surface area contributed by atoms with E-state index in [1.807, 2.05) is 6.08 Å². The van der Waals surface area contributed by atoms with E-state index in [9.17, 15) is 14.7 Å². The summed E-state index contributed by atoms with van der Waals surface area (Å²) in [7, 11) is 0. The van der Waals surface area contributed by atoms with Gasteiger partial charge in [0.1, 0.15) is 29.3 Å². The molecule has 1 aromatic heterocycles. The van der Waals surface area contributed by atoms with Crippen LogP contribution >= 0.6 is 0 Å². The van der Waals surface area contributed by atoms with Crippen LogP contribution in [-0.2, 0) is 4.79 Å². The van der Waals surface area contributed by atoms with Crippen molar-refractivity contribution in [3.63, 3.8) is 0 Å². The van der Waals surface area contributed by atoms with E-state index in [0.717, 1.165) is 31.3 Å². The molecule has 0 amide bonds. The van der Waals surface area contributed by atoms with Crippen molar-refractivity contribution in [2.45, 2.75) is 44.3 Å². The van der Waals surface area contributed by atoms with Crippen LogP contribution in [0.5, 0.6) is 5.75 Å². The van der Waals surface area contributed by atoms with Crippen LogP contribution in [-0.4, -0.2) is 22.3 Å². The molecule has 2 unspecified atom stereocenters. The number of aliphatic carboxylic acids is 1. The van der Waals surface area contributed by atoms with E-state index < -0.39 is 24.1 Å². The maximum absolute atomic E-state index is 12.0. The third-order valence-corrected chi connectivity index (χ3v) is 3.86.